The van der Waals surface area contributed by atoms with Gasteiger partial charge in [-0.3, -0.25) is 4.79 Å². The molecule has 3 aromatic carbocycles. The summed E-state index contributed by atoms with van der Waals surface area (Å²) in [4.78, 5) is 15.1. The molecule has 0 spiro atoms. The Bertz CT molecular complexity index is 1170. The molecule has 0 saturated carbocycles. The predicted octanol–water partition coefficient (Wildman–Crippen LogP) is 6.49. The first kappa shape index (κ1) is 27.5. The van der Waals surface area contributed by atoms with Crippen molar-refractivity contribution >= 4 is 11.6 Å². The van der Waals surface area contributed by atoms with Gasteiger partial charge in [-0.15, -0.1) is 0 Å². The van der Waals surface area contributed by atoms with Gasteiger partial charge in [-0.05, 0) is 61.3 Å². The number of carbonyl (C=O) groups is 1. The maximum Gasteiger partial charge on any atom is 0.255 e. The number of rotatable bonds is 7. The molecule has 0 unspecified atom stereocenters. The van der Waals surface area contributed by atoms with Gasteiger partial charge in [-0.25, -0.2) is 0 Å². The molecule has 3 aromatic rings. The third kappa shape index (κ3) is 7.14. The zero-order valence-electron chi connectivity index (χ0n) is 22.8. The summed E-state index contributed by atoms with van der Waals surface area (Å²) in [6.45, 7) is 5.36. The number of nitrogens with zero attached hydrogens (tertiary/aromatic N) is 1. The molecule has 6 heteroatoms. The number of anilines is 1. The monoisotopic (exact) mass is 528 g/mol. The number of hydrogen-bond acceptors (Lipinski definition) is 5. The van der Waals surface area contributed by atoms with Gasteiger partial charge in [-0.2, -0.15) is 0 Å². The third-order valence-corrected chi connectivity index (χ3v) is 7.99. The highest BCUT2D eigenvalue weighted by atomic mass is 16.7. The van der Waals surface area contributed by atoms with E-state index in [0.29, 0.717) is 5.56 Å². The predicted molar refractivity (Wildman–Crippen MR) is 153 cm³/mol. The van der Waals surface area contributed by atoms with E-state index in [0.717, 1.165) is 42.0 Å². The summed E-state index contributed by atoms with van der Waals surface area (Å²) < 4.78 is 13.3. The number of likely N-dealkylation sites (tertiary alicyclic amines) is 1. The zero-order valence-corrected chi connectivity index (χ0v) is 22.8. The normalized spacial score (nSPS) is 24.5. The van der Waals surface area contributed by atoms with Crippen molar-refractivity contribution in [3.63, 3.8) is 0 Å². The van der Waals surface area contributed by atoms with Crippen molar-refractivity contribution in [1.29, 1.82) is 0 Å². The van der Waals surface area contributed by atoms with Gasteiger partial charge in [0.05, 0.1) is 18.8 Å². The molecular weight excluding hydrogens is 488 g/mol. The Kier molecular flexibility index (Phi) is 9.43. The maximum absolute atomic E-state index is 12.6. The van der Waals surface area contributed by atoms with E-state index in [-0.39, 0.29) is 30.6 Å². The first-order chi connectivity index (χ1) is 19.1. The minimum atomic E-state index is -0.512. The average molecular weight is 529 g/mol. The van der Waals surface area contributed by atoms with E-state index in [1.807, 2.05) is 54.6 Å². The summed E-state index contributed by atoms with van der Waals surface area (Å²) in [5.74, 6) is 0.0261. The van der Waals surface area contributed by atoms with Crippen LogP contribution in [0.4, 0.5) is 5.69 Å². The highest BCUT2D eigenvalue weighted by Crippen LogP contribution is 2.42. The van der Waals surface area contributed by atoms with E-state index in [1.54, 1.807) is 12.1 Å². The van der Waals surface area contributed by atoms with Gasteiger partial charge >= 0.3 is 0 Å². The van der Waals surface area contributed by atoms with Crippen LogP contribution < -0.4 is 5.32 Å². The Hall–Kier alpha value is -3.03. The Morgan fingerprint density at radius 2 is 1.49 bits per heavy atom. The molecule has 5 rings (SSSR count). The second-order valence-corrected chi connectivity index (χ2v) is 10.8. The molecule has 6 nitrogen and oxygen atoms in total. The van der Waals surface area contributed by atoms with E-state index < -0.39 is 6.29 Å². The fourth-order valence-electron chi connectivity index (χ4n) is 5.59. The number of carbonyl (C=O) groups excluding carboxylic acids is 1. The lowest BCUT2D eigenvalue weighted by Crippen LogP contribution is -2.45. The van der Waals surface area contributed by atoms with Gasteiger partial charge in [0, 0.05) is 29.3 Å². The molecule has 2 aliphatic rings. The number of hydrogen-bond donors (Lipinski definition) is 2. The molecule has 0 aromatic heterocycles. The maximum atomic E-state index is 12.6. The largest absolute Gasteiger partial charge is 0.392 e. The van der Waals surface area contributed by atoms with Crippen molar-refractivity contribution in [2.24, 2.45) is 5.92 Å². The van der Waals surface area contributed by atoms with Gasteiger partial charge in [0.1, 0.15) is 0 Å². The lowest BCUT2D eigenvalue weighted by atomic mass is 9.89. The molecule has 2 fully saturated rings. The van der Waals surface area contributed by atoms with Gasteiger partial charge < -0.3 is 24.8 Å². The second kappa shape index (κ2) is 13.4. The average Bonchev–Trinajstić information content (AvgIpc) is 2.96. The van der Waals surface area contributed by atoms with E-state index in [4.69, 9.17) is 9.47 Å². The highest BCUT2D eigenvalue weighted by molar-refractivity contribution is 6.04. The summed E-state index contributed by atoms with van der Waals surface area (Å²) in [6.07, 6.45) is 5.80. The van der Waals surface area contributed by atoms with Gasteiger partial charge in [0.25, 0.3) is 5.91 Å². The Morgan fingerprint density at radius 3 is 2.15 bits per heavy atom. The molecule has 206 valence electrons. The standard InChI is InChI=1S/C33H40N2O4/c1-24-30(22-35-20-8-3-2-4-9-21-35)38-33(39-31(24)26-14-12-25(23-36)13-15-26)28-16-18-29(19-17-28)34-32(37)27-10-6-5-7-11-27/h5-7,10-19,24,30-31,33,36H,2-4,8-9,20-23H2,1H3,(H,34,37)/t24-,30+,31+,33+/m1/s1. The molecule has 2 heterocycles. The van der Waals surface area contributed by atoms with Crippen molar-refractivity contribution in [2.45, 2.75) is 64.1 Å². The van der Waals surface area contributed by atoms with Crippen LogP contribution in [-0.4, -0.2) is 41.7 Å². The highest BCUT2D eigenvalue weighted by Gasteiger charge is 2.39. The summed E-state index contributed by atoms with van der Waals surface area (Å²) in [6, 6.07) is 25.0. The lowest BCUT2D eigenvalue weighted by Gasteiger charge is -2.43. The van der Waals surface area contributed by atoms with Crippen LogP contribution in [0, 0.1) is 5.92 Å². The summed E-state index contributed by atoms with van der Waals surface area (Å²) in [7, 11) is 0. The van der Waals surface area contributed by atoms with Crippen LogP contribution in [0.5, 0.6) is 0 Å². The number of amides is 1. The van der Waals surface area contributed by atoms with E-state index >= 15 is 0 Å². The number of aliphatic hydroxyl groups excluding tert-OH is 1. The lowest BCUT2D eigenvalue weighted by molar-refractivity contribution is -0.276. The fraction of sp³-hybridized carbons (Fsp3) is 0.424. The van der Waals surface area contributed by atoms with Crippen LogP contribution in [0.1, 0.15) is 78.5 Å². The summed E-state index contributed by atoms with van der Waals surface area (Å²) in [5, 5.41) is 12.5. The quantitative estimate of drug-likeness (QED) is 0.367. The van der Waals surface area contributed by atoms with E-state index in [2.05, 4.69) is 29.3 Å². The minimum Gasteiger partial charge on any atom is -0.392 e. The smallest absolute Gasteiger partial charge is 0.255 e. The van der Waals surface area contributed by atoms with Crippen LogP contribution in [0.3, 0.4) is 0 Å². The summed E-state index contributed by atoms with van der Waals surface area (Å²) >= 11 is 0. The van der Waals surface area contributed by atoms with Crippen LogP contribution in [0.2, 0.25) is 0 Å². The van der Waals surface area contributed by atoms with Crippen molar-refractivity contribution < 1.29 is 19.4 Å². The Labute approximate surface area is 232 Å². The molecule has 0 aliphatic carbocycles. The molecule has 2 N–H and O–H groups in total. The van der Waals surface area contributed by atoms with Crippen molar-refractivity contribution in [2.75, 3.05) is 25.0 Å². The Morgan fingerprint density at radius 1 is 0.846 bits per heavy atom. The van der Waals surface area contributed by atoms with Crippen LogP contribution >= 0.6 is 0 Å². The SMILES string of the molecule is C[C@@H]1[C@H](CN2CCCCCCC2)O[C@H](c2ccc(NC(=O)c3ccccc3)cc2)O[C@@H]1c1ccc(CO)cc1. The molecule has 0 bridgehead atoms. The molecule has 4 atom stereocenters. The minimum absolute atomic E-state index is 0.0168. The zero-order chi connectivity index (χ0) is 27.0. The second-order valence-electron chi connectivity index (χ2n) is 10.8. The number of aliphatic hydroxyl groups is 1. The van der Waals surface area contributed by atoms with Gasteiger partial charge in [-0.1, -0.05) is 80.8 Å². The van der Waals surface area contributed by atoms with Crippen molar-refractivity contribution in [3.8, 4) is 0 Å². The summed E-state index contributed by atoms with van der Waals surface area (Å²) in [5.41, 5.74) is 4.26. The fourth-order valence-corrected chi connectivity index (χ4v) is 5.59. The van der Waals surface area contributed by atoms with Gasteiger partial charge in [0.2, 0.25) is 0 Å². The van der Waals surface area contributed by atoms with Crippen LogP contribution in [0.15, 0.2) is 78.9 Å². The molecular formula is C33H40N2O4. The van der Waals surface area contributed by atoms with E-state index in [9.17, 15) is 9.90 Å². The number of nitrogens with one attached hydrogen (secondary N) is 1. The van der Waals surface area contributed by atoms with Crippen molar-refractivity contribution in [1.82, 2.24) is 4.90 Å². The molecule has 2 aliphatic heterocycles. The first-order valence-corrected chi connectivity index (χ1v) is 14.3. The molecule has 2 saturated heterocycles. The third-order valence-electron chi connectivity index (χ3n) is 7.99. The van der Waals surface area contributed by atoms with Crippen LogP contribution in [0.25, 0.3) is 0 Å². The van der Waals surface area contributed by atoms with Crippen LogP contribution in [-0.2, 0) is 16.1 Å². The molecule has 39 heavy (non-hydrogen) atoms. The topological polar surface area (TPSA) is 71.0 Å². The number of ether oxygens (including phenoxy) is 2. The van der Waals surface area contributed by atoms with Crippen molar-refractivity contribution in [3.05, 3.63) is 101 Å². The molecule has 0 radical (unpaired) electrons. The first-order valence-electron chi connectivity index (χ1n) is 14.3. The van der Waals surface area contributed by atoms with Gasteiger partial charge in [0.15, 0.2) is 6.29 Å². The molecule has 1 amide bonds. The Balaban J connectivity index is 1.34. The number of benzene rings is 3. The van der Waals surface area contributed by atoms with E-state index in [1.165, 1.54) is 32.1 Å².